The number of hydrogen-bond acceptors (Lipinski definition) is 4. The molecule has 10 heteroatoms. The van der Waals surface area contributed by atoms with Crippen LogP contribution in [0, 0.1) is 0 Å². The molecule has 16 heavy (non-hydrogen) atoms. The monoisotopic (exact) mass is 306 g/mol. The maximum Gasteiger partial charge on any atom is 0.474 e. The summed E-state index contributed by atoms with van der Waals surface area (Å²) in [5.41, 5.74) is 0. The van der Waals surface area contributed by atoms with E-state index in [2.05, 4.69) is 9.05 Å². The average Bonchev–Trinajstić information content (AvgIpc) is 2.03. The van der Waals surface area contributed by atoms with E-state index < -0.39 is 13.9 Å². The van der Waals surface area contributed by atoms with Gasteiger partial charge in [-0.05, 0) is 12.1 Å². The Morgan fingerprint density at radius 2 is 1.25 bits per heavy atom. The molecular formula is C6H6Cl2O6P2. The second kappa shape index (κ2) is 4.96. The third kappa shape index (κ3) is 5.21. The summed E-state index contributed by atoms with van der Waals surface area (Å²) >= 11 is 9.96. The van der Waals surface area contributed by atoms with Gasteiger partial charge in [-0.3, -0.25) is 0 Å². The summed E-state index contributed by atoms with van der Waals surface area (Å²) in [6.07, 6.45) is 0. The molecule has 2 atom stereocenters. The van der Waals surface area contributed by atoms with Crippen molar-refractivity contribution in [1.29, 1.82) is 0 Å². The first-order valence-corrected chi connectivity index (χ1v) is 8.67. The number of rotatable bonds is 4. The molecule has 0 saturated carbocycles. The van der Waals surface area contributed by atoms with Gasteiger partial charge in [0.1, 0.15) is 0 Å². The molecule has 2 unspecified atom stereocenters. The normalized spacial score (nSPS) is 18.2. The van der Waals surface area contributed by atoms with Crippen LogP contribution in [0.3, 0.4) is 0 Å². The van der Waals surface area contributed by atoms with Gasteiger partial charge in [0.05, 0.1) is 0 Å². The molecule has 0 aliphatic carbocycles. The molecule has 6 nitrogen and oxygen atoms in total. The Bertz CT molecular complexity index is 423. The van der Waals surface area contributed by atoms with Gasteiger partial charge in [-0.25, -0.2) is 9.13 Å². The van der Waals surface area contributed by atoms with Crippen molar-refractivity contribution in [3.8, 4) is 11.5 Å². The molecule has 90 valence electrons. The minimum Gasteiger partial charge on any atom is -0.409 e. The molecule has 0 aliphatic heterocycles. The Kier molecular flexibility index (Phi) is 4.29. The third-order valence-corrected chi connectivity index (χ3v) is 2.53. The first-order chi connectivity index (χ1) is 7.17. The van der Waals surface area contributed by atoms with Gasteiger partial charge in [0.25, 0.3) is 0 Å². The highest BCUT2D eigenvalue weighted by molar-refractivity contribution is 7.81. The highest BCUT2D eigenvalue weighted by atomic mass is 35.7. The lowest BCUT2D eigenvalue weighted by Gasteiger charge is -2.12. The first kappa shape index (κ1) is 13.8. The lowest BCUT2D eigenvalue weighted by atomic mass is 10.3. The van der Waals surface area contributed by atoms with Crippen molar-refractivity contribution in [3.63, 3.8) is 0 Å². The van der Waals surface area contributed by atoms with Crippen LogP contribution in [0.2, 0.25) is 0 Å². The van der Waals surface area contributed by atoms with Crippen molar-refractivity contribution in [1.82, 2.24) is 0 Å². The van der Waals surface area contributed by atoms with Gasteiger partial charge in [-0.1, -0.05) is 12.1 Å². The van der Waals surface area contributed by atoms with Crippen molar-refractivity contribution < 1.29 is 28.0 Å². The lowest BCUT2D eigenvalue weighted by Crippen LogP contribution is -1.91. The number of benzene rings is 1. The highest BCUT2D eigenvalue weighted by Crippen LogP contribution is 2.54. The van der Waals surface area contributed by atoms with Gasteiger partial charge >= 0.3 is 13.9 Å². The second-order valence-electron chi connectivity index (χ2n) is 2.53. The lowest BCUT2D eigenvalue weighted by molar-refractivity contribution is 0.374. The van der Waals surface area contributed by atoms with Crippen molar-refractivity contribution in [2.75, 3.05) is 0 Å². The smallest absolute Gasteiger partial charge is 0.409 e. The van der Waals surface area contributed by atoms with Crippen LogP contribution in [0.4, 0.5) is 0 Å². The molecule has 0 fully saturated rings. The topological polar surface area (TPSA) is 93.1 Å². The molecule has 1 aromatic rings. The summed E-state index contributed by atoms with van der Waals surface area (Å²) < 4.78 is 30.4. The van der Waals surface area contributed by atoms with E-state index in [1.165, 1.54) is 24.3 Å². The molecule has 0 saturated heterocycles. The standard InChI is InChI=1S/C6H6Cl2O6P2/c7-15(9,10)13-5-3-1-2-4-6(5)14-16(8,11)12/h1-4H,(H,9,10)(H,11,12). The van der Waals surface area contributed by atoms with Gasteiger partial charge in [0.2, 0.25) is 0 Å². The molecule has 0 amide bonds. The van der Waals surface area contributed by atoms with Crippen LogP contribution >= 0.6 is 36.4 Å². The second-order valence-corrected chi connectivity index (χ2v) is 7.27. The van der Waals surface area contributed by atoms with Crippen LogP contribution in [0.15, 0.2) is 24.3 Å². The van der Waals surface area contributed by atoms with E-state index in [-0.39, 0.29) is 11.5 Å². The number of halogens is 2. The van der Waals surface area contributed by atoms with Crippen LogP contribution < -0.4 is 9.05 Å². The zero-order chi connectivity index (χ0) is 12.4. The van der Waals surface area contributed by atoms with Gasteiger partial charge in [0.15, 0.2) is 11.5 Å². The van der Waals surface area contributed by atoms with Crippen LogP contribution in [-0.2, 0) is 9.13 Å². The van der Waals surface area contributed by atoms with Crippen molar-refractivity contribution in [3.05, 3.63) is 24.3 Å². The van der Waals surface area contributed by atoms with E-state index in [0.717, 1.165) is 0 Å². The van der Waals surface area contributed by atoms with Gasteiger partial charge < -0.3 is 18.8 Å². The summed E-state index contributed by atoms with van der Waals surface area (Å²) in [6.45, 7) is -8.60. The zero-order valence-electron chi connectivity index (χ0n) is 7.49. The number of para-hydroxylation sites is 2. The molecule has 0 aliphatic rings. The van der Waals surface area contributed by atoms with E-state index in [1.54, 1.807) is 0 Å². The Balaban J connectivity index is 3.01. The molecule has 1 aromatic carbocycles. The Labute approximate surface area is 100 Å². The fourth-order valence-electron chi connectivity index (χ4n) is 0.844. The summed E-state index contributed by atoms with van der Waals surface area (Å²) in [6, 6.07) is 5.36. The van der Waals surface area contributed by atoms with Crippen LogP contribution in [0.5, 0.6) is 11.5 Å². The van der Waals surface area contributed by atoms with Crippen LogP contribution in [-0.4, -0.2) is 9.79 Å². The number of hydrogen-bond donors (Lipinski definition) is 2. The molecule has 0 heterocycles. The maximum absolute atomic E-state index is 10.8. The van der Waals surface area contributed by atoms with Crippen molar-refractivity contribution >= 4 is 36.4 Å². The van der Waals surface area contributed by atoms with E-state index in [0.29, 0.717) is 0 Å². The van der Waals surface area contributed by atoms with E-state index in [4.69, 9.17) is 32.3 Å². The van der Waals surface area contributed by atoms with Crippen LogP contribution in [0.25, 0.3) is 0 Å². The summed E-state index contributed by atoms with van der Waals surface area (Å²) in [5, 5.41) is 0. The van der Waals surface area contributed by atoms with Gasteiger partial charge in [-0.2, -0.15) is 0 Å². The van der Waals surface area contributed by atoms with Gasteiger partial charge in [0, 0.05) is 22.5 Å². The third-order valence-electron chi connectivity index (χ3n) is 1.27. The summed E-state index contributed by atoms with van der Waals surface area (Å²) in [7, 11) is 0. The molecule has 0 bridgehead atoms. The highest BCUT2D eigenvalue weighted by Gasteiger charge is 2.23. The van der Waals surface area contributed by atoms with E-state index >= 15 is 0 Å². The fourth-order valence-corrected chi connectivity index (χ4v) is 2.08. The molecule has 0 radical (unpaired) electrons. The minimum absolute atomic E-state index is 0.266. The van der Waals surface area contributed by atoms with E-state index in [1.807, 2.05) is 0 Å². The quantitative estimate of drug-likeness (QED) is 0.830. The molecule has 2 N–H and O–H groups in total. The Morgan fingerprint density at radius 3 is 1.50 bits per heavy atom. The Hall–Kier alpha value is -0.220. The summed E-state index contributed by atoms with van der Waals surface area (Å²) in [5.74, 6) is -0.531. The fraction of sp³-hybridized carbons (Fsp3) is 0. The largest absolute Gasteiger partial charge is 0.474 e. The SMILES string of the molecule is O=P(O)(Cl)Oc1ccccc1OP(=O)(O)Cl. The van der Waals surface area contributed by atoms with E-state index in [9.17, 15) is 9.13 Å². The predicted octanol–water partition coefficient (Wildman–Crippen LogP) is 3.12. The van der Waals surface area contributed by atoms with Gasteiger partial charge in [-0.15, -0.1) is 0 Å². The zero-order valence-corrected chi connectivity index (χ0v) is 10.8. The minimum atomic E-state index is -4.30. The molecule has 0 spiro atoms. The van der Waals surface area contributed by atoms with Crippen molar-refractivity contribution in [2.45, 2.75) is 0 Å². The first-order valence-electron chi connectivity index (χ1n) is 3.70. The van der Waals surface area contributed by atoms with Crippen molar-refractivity contribution in [2.24, 2.45) is 0 Å². The summed E-state index contributed by atoms with van der Waals surface area (Å²) in [4.78, 5) is 17.5. The Morgan fingerprint density at radius 1 is 0.938 bits per heavy atom. The predicted molar refractivity (Wildman–Crippen MR) is 59.1 cm³/mol. The molecule has 1 rings (SSSR count). The molecular weight excluding hydrogens is 301 g/mol. The molecule has 0 aromatic heterocycles. The maximum atomic E-state index is 10.8. The van der Waals surface area contributed by atoms with Crippen LogP contribution in [0.1, 0.15) is 0 Å². The average molecular weight is 307 g/mol.